The molecule has 5 nitrogen and oxygen atoms in total. The molecule has 0 N–H and O–H groups in total. The number of halogens is 1. The van der Waals surface area contributed by atoms with E-state index in [1.165, 1.54) is 0 Å². The number of esters is 1. The molecule has 6 heteroatoms. The van der Waals surface area contributed by atoms with E-state index in [0.29, 0.717) is 19.1 Å². The molecule has 1 unspecified atom stereocenters. The van der Waals surface area contributed by atoms with E-state index in [-0.39, 0.29) is 5.97 Å². The van der Waals surface area contributed by atoms with E-state index in [9.17, 15) is 4.79 Å². The van der Waals surface area contributed by atoms with E-state index in [4.69, 9.17) is 4.74 Å². The first-order chi connectivity index (χ1) is 8.55. The van der Waals surface area contributed by atoms with Crippen LogP contribution in [-0.2, 0) is 9.53 Å². The van der Waals surface area contributed by atoms with Gasteiger partial charge in [0.05, 0.1) is 16.5 Å². The standard InChI is InChI=1S/C12H16BrN3O2/c1-3-18-10(17)12(2)4-5-16(8-12)11-14-6-9(13)7-15-11/h6-7H,3-5,8H2,1-2H3. The average Bonchev–Trinajstić information content (AvgIpc) is 2.75. The first-order valence-corrected chi connectivity index (χ1v) is 6.74. The molecular weight excluding hydrogens is 298 g/mol. The van der Waals surface area contributed by atoms with E-state index < -0.39 is 5.41 Å². The number of hydrogen-bond donors (Lipinski definition) is 0. The number of rotatable bonds is 3. The Morgan fingerprint density at radius 3 is 2.83 bits per heavy atom. The van der Waals surface area contributed by atoms with Crippen LogP contribution in [0.15, 0.2) is 16.9 Å². The summed E-state index contributed by atoms with van der Waals surface area (Å²) in [6, 6.07) is 0. The van der Waals surface area contributed by atoms with Crippen LogP contribution < -0.4 is 4.90 Å². The molecule has 98 valence electrons. The molecule has 2 rings (SSSR count). The lowest BCUT2D eigenvalue weighted by atomic mass is 9.90. The van der Waals surface area contributed by atoms with Crippen LogP contribution in [0.1, 0.15) is 20.3 Å². The number of hydrogen-bond acceptors (Lipinski definition) is 5. The summed E-state index contributed by atoms with van der Waals surface area (Å²) < 4.78 is 5.96. The summed E-state index contributed by atoms with van der Waals surface area (Å²) in [5.74, 6) is 0.524. The van der Waals surface area contributed by atoms with Crippen molar-refractivity contribution in [3.63, 3.8) is 0 Å². The molecule has 0 aromatic carbocycles. The van der Waals surface area contributed by atoms with Gasteiger partial charge < -0.3 is 9.64 Å². The quantitative estimate of drug-likeness (QED) is 0.799. The normalized spacial score (nSPS) is 23.2. The zero-order valence-electron chi connectivity index (χ0n) is 10.5. The Morgan fingerprint density at radius 2 is 2.22 bits per heavy atom. The number of ether oxygens (including phenoxy) is 1. The molecule has 0 spiro atoms. The number of aromatic nitrogens is 2. The maximum atomic E-state index is 11.9. The molecule has 1 aliphatic rings. The fourth-order valence-electron chi connectivity index (χ4n) is 2.07. The second-order valence-electron chi connectivity index (χ2n) is 4.65. The van der Waals surface area contributed by atoms with Crippen molar-refractivity contribution < 1.29 is 9.53 Å². The van der Waals surface area contributed by atoms with Gasteiger partial charge in [0.15, 0.2) is 0 Å². The third kappa shape index (κ3) is 2.63. The van der Waals surface area contributed by atoms with Crippen molar-refractivity contribution >= 4 is 27.8 Å². The van der Waals surface area contributed by atoms with Gasteiger partial charge in [-0.05, 0) is 36.2 Å². The Balaban J connectivity index is 2.08. The molecule has 0 radical (unpaired) electrons. The molecule has 1 aromatic rings. The lowest BCUT2D eigenvalue weighted by Crippen LogP contribution is -2.34. The third-order valence-corrected chi connectivity index (χ3v) is 3.54. The van der Waals surface area contributed by atoms with E-state index >= 15 is 0 Å². The lowest BCUT2D eigenvalue weighted by Gasteiger charge is -2.22. The van der Waals surface area contributed by atoms with Gasteiger partial charge in [0.2, 0.25) is 5.95 Å². The minimum atomic E-state index is -0.452. The Hall–Kier alpha value is -1.17. The van der Waals surface area contributed by atoms with Crippen molar-refractivity contribution in [2.45, 2.75) is 20.3 Å². The predicted molar refractivity (Wildman–Crippen MR) is 71.3 cm³/mol. The number of carbonyl (C=O) groups excluding carboxylic acids is 1. The minimum Gasteiger partial charge on any atom is -0.466 e. The molecule has 1 saturated heterocycles. The largest absolute Gasteiger partial charge is 0.466 e. The monoisotopic (exact) mass is 313 g/mol. The fourth-order valence-corrected chi connectivity index (χ4v) is 2.28. The van der Waals surface area contributed by atoms with Gasteiger partial charge in [0.25, 0.3) is 0 Å². The van der Waals surface area contributed by atoms with Gasteiger partial charge >= 0.3 is 5.97 Å². The van der Waals surface area contributed by atoms with E-state index in [1.54, 1.807) is 12.4 Å². The molecule has 1 fully saturated rings. The average molecular weight is 314 g/mol. The summed E-state index contributed by atoms with van der Waals surface area (Å²) in [6.07, 6.45) is 4.19. The number of anilines is 1. The van der Waals surface area contributed by atoms with Gasteiger partial charge in [-0.15, -0.1) is 0 Å². The molecule has 1 aliphatic heterocycles. The van der Waals surface area contributed by atoms with Crippen molar-refractivity contribution in [1.29, 1.82) is 0 Å². The zero-order valence-corrected chi connectivity index (χ0v) is 12.1. The Kier molecular flexibility index (Phi) is 3.85. The van der Waals surface area contributed by atoms with Gasteiger partial charge in [0, 0.05) is 25.5 Å². The topological polar surface area (TPSA) is 55.3 Å². The second-order valence-corrected chi connectivity index (χ2v) is 5.57. The number of carbonyl (C=O) groups is 1. The predicted octanol–water partition coefficient (Wildman–Crippen LogP) is 2.02. The number of nitrogens with zero attached hydrogens (tertiary/aromatic N) is 3. The summed E-state index contributed by atoms with van der Waals surface area (Å²) in [5, 5.41) is 0. The van der Waals surface area contributed by atoms with Crippen LogP contribution in [0, 0.1) is 5.41 Å². The molecule has 1 atom stereocenters. The highest BCUT2D eigenvalue weighted by atomic mass is 79.9. The highest BCUT2D eigenvalue weighted by Gasteiger charge is 2.42. The van der Waals surface area contributed by atoms with Gasteiger partial charge in [-0.1, -0.05) is 0 Å². The first kappa shape index (κ1) is 13.3. The zero-order chi connectivity index (χ0) is 13.2. The van der Waals surface area contributed by atoms with E-state index in [1.807, 2.05) is 18.7 Å². The van der Waals surface area contributed by atoms with Crippen molar-refractivity contribution in [2.24, 2.45) is 5.41 Å². The van der Waals surface area contributed by atoms with Crippen LogP contribution in [0.4, 0.5) is 5.95 Å². The molecule has 0 amide bonds. The molecule has 2 heterocycles. The maximum Gasteiger partial charge on any atom is 0.313 e. The van der Waals surface area contributed by atoms with Crippen molar-refractivity contribution in [3.8, 4) is 0 Å². The van der Waals surface area contributed by atoms with Crippen LogP contribution in [-0.4, -0.2) is 35.6 Å². The van der Waals surface area contributed by atoms with Crippen LogP contribution in [0.2, 0.25) is 0 Å². The highest BCUT2D eigenvalue weighted by molar-refractivity contribution is 9.10. The van der Waals surface area contributed by atoms with Crippen molar-refractivity contribution in [1.82, 2.24) is 9.97 Å². The van der Waals surface area contributed by atoms with Gasteiger partial charge in [-0.25, -0.2) is 9.97 Å². The summed E-state index contributed by atoms with van der Waals surface area (Å²) in [6.45, 7) is 5.56. The fraction of sp³-hybridized carbons (Fsp3) is 0.583. The molecule has 0 saturated carbocycles. The molecular formula is C12H16BrN3O2. The summed E-state index contributed by atoms with van der Waals surface area (Å²) in [5.41, 5.74) is -0.452. The lowest BCUT2D eigenvalue weighted by molar-refractivity contribution is -0.153. The van der Waals surface area contributed by atoms with Gasteiger partial charge in [-0.3, -0.25) is 4.79 Å². The first-order valence-electron chi connectivity index (χ1n) is 5.95. The molecule has 1 aromatic heterocycles. The van der Waals surface area contributed by atoms with Crippen LogP contribution in [0.5, 0.6) is 0 Å². The summed E-state index contributed by atoms with van der Waals surface area (Å²) >= 11 is 3.30. The molecule has 0 bridgehead atoms. The Morgan fingerprint density at radius 1 is 1.56 bits per heavy atom. The third-order valence-electron chi connectivity index (χ3n) is 3.13. The highest BCUT2D eigenvalue weighted by Crippen LogP contribution is 2.33. The Labute approximate surface area is 115 Å². The maximum absolute atomic E-state index is 11.9. The second kappa shape index (κ2) is 5.22. The van der Waals surface area contributed by atoms with Crippen LogP contribution in [0.3, 0.4) is 0 Å². The van der Waals surface area contributed by atoms with Crippen molar-refractivity contribution in [2.75, 3.05) is 24.6 Å². The molecule has 18 heavy (non-hydrogen) atoms. The minimum absolute atomic E-state index is 0.135. The van der Waals surface area contributed by atoms with Gasteiger partial charge in [0.1, 0.15) is 0 Å². The Bertz CT molecular complexity index is 437. The van der Waals surface area contributed by atoms with Gasteiger partial charge in [-0.2, -0.15) is 0 Å². The van der Waals surface area contributed by atoms with E-state index in [0.717, 1.165) is 17.4 Å². The summed E-state index contributed by atoms with van der Waals surface area (Å²) in [7, 11) is 0. The van der Waals surface area contributed by atoms with E-state index in [2.05, 4.69) is 25.9 Å². The molecule has 0 aliphatic carbocycles. The smallest absolute Gasteiger partial charge is 0.313 e. The van der Waals surface area contributed by atoms with Crippen molar-refractivity contribution in [3.05, 3.63) is 16.9 Å². The summed E-state index contributed by atoms with van der Waals surface area (Å²) in [4.78, 5) is 22.4. The SMILES string of the molecule is CCOC(=O)C1(C)CCN(c2ncc(Br)cn2)C1. The van der Waals surface area contributed by atoms with Crippen LogP contribution >= 0.6 is 15.9 Å². The van der Waals surface area contributed by atoms with Crippen LogP contribution in [0.25, 0.3) is 0 Å².